The lowest BCUT2D eigenvalue weighted by Crippen LogP contribution is -3.00. The summed E-state index contributed by atoms with van der Waals surface area (Å²) in [6, 6.07) is 0. The number of hydrogen-bond donors (Lipinski definition) is 7. The predicted octanol–water partition coefficient (Wildman–Crippen LogP) is -7.15. The van der Waals surface area contributed by atoms with Crippen molar-refractivity contribution in [1.82, 2.24) is 0 Å². The maximum absolute atomic E-state index is 8.97. The number of quaternary nitrogens is 1. The Morgan fingerprint density at radius 3 is 0.900 bits per heavy atom. The van der Waals surface area contributed by atoms with E-state index in [1.165, 1.54) is 0 Å². The molecular weight excluding hydrogens is 294 g/mol. The Morgan fingerprint density at radius 2 is 0.850 bits per heavy atom. The lowest BCUT2D eigenvalue weighted by atomic mass is 9.85. The molecule has 20 heavy (non-hydrogen) atoms. The van der Waals surface area contributed by atoms with E-state index in [0.717, 1.165) is 11.0 Å². The second-order valence-electron chi connectivity index (χ2n) is 5.68. The molecule has 1 rings (SSSR count). The molecule has 0 aromatic rings. The lowest BCUT2D eigenvalue weighted by molar-refractivity contribution is -0.870. The van der Waals surface area contributed by atoms with E-state index in [1.54, 1.807) is 0 Å². The third kappa shape index (κ3) is 6.61. The summed E-state index contributed by atoms with van der Waals surface area (Å²) < 4.78 is 0.844. The number of likely N-dealkylation sites (N-methyl/N-ethyl adjacent to an activating group) is 1. The zero-order valence-corrected chi connectivity index (χ0v) is 12.6. The van der Waals surface area contributed by atoms with Crippen LogP contribution in [0.1, 0.15) is 0 Å². The molecule has 0 aromatic carbocycles. The number of aliphatic hydroxyl groups excluding tert-OH is 7. The molecule has 124 valence electrons. The van der Waals surface area contributed by atoms with Crippen LogP contribution in [0.25, 0.3) is 0 Å². The maximum Gasteiger partial charge on any atom is 0.111 e. The second-order valence-corrected chi connectivity index (χ2v) is 5.68. The summed E-state index contributed by atoms with van der Waals surface area (Å²) in [5.74, 6) is 0. The summed E-state index contributed by atoms with van der Waals surface area (Å²) in [5.41, 5.74) is 0. The Balaban J connectivity index is 0. The van der Waals surface area contributed by atoms with Gasteiger partial charge in [-0.25, -0.2) is 0 Å². The van der Waals surface area contributed by atoms with Crippen LogP contribution in [-0.4, -0.2) is 111 Å². The third-order valence-corrected chi connectivity index (χ3v) is 2.87. The van der Waals surface area contributed by atoms with Gasteiger partial charge in [-0.05, 0) is 0 Å². The highest BCUT2D eigenvalue weighted by Gasteiger charge is 2.47. The van der Waals surface area contributed by atoms with Crippen molar-refractivity contribution in [1.29, 1.82) is 0 Å². The van der Waals surface area contributed by atoms with Crippen molar-refractivity contribution >= 4 is 0 Å². The molecule has 1 aliphatic carbocycles. The normalized spacial score (nSPS) is 37.5. The number of halogens is 1. The van der Waals surface area contributed by atoms with Gasteiger partial charge in [0.15, 0.2) is 0 Å². The van der Waals surface area contributed by atoms with Crippen LogP contribution >= 0.6 is 0 Å². The van der Waals surface area contributed by atoms with Gasteiger partial charge in [-0.3, -0.25) is 0 Å². The van der Waals surface area contributed by atoms with Crippen molar-refractivity contribution in [2.24, 2.45) is 0 Å². The van der Waals surface area contributed by atoms with Crippen LogP contribution in [0, 0.1) is 0 Å². The van der Waals surface area contributed by atoms with Gasteiger partial charge < -0.3 is 52.6 Å². The molecular formula is C11H26ClNO7. The third-order valence-electron chi connectivity index (χ3n) is 2.87. The van der Waals surface area contributed by atoms with Gasteiger partial charge >= 0.3 is 0 Å². The minimum atomic E-state index is -1.64. The van der Waals surface area contributed by atoms with Gasteiger partial charge in [-0.2, -0.15) is 0 Å². The molecule has 0 heterocycles. The average Bonchev–Trinajstić information content (AvgIpc) is 2.31. The fraction of sp³-hybridized carbons (Fsp3) is 1.00. The molecule has 0 amide bonds. The summed E-state index contributed by atoms with van der Waals surface area (Å²) in [5, 5.41) is 62.2. The van der Waals surface area contributed by atoms with Gasteiger partial charge in [0.05, 0.1) is 27.7 Å². The molecule has 0 atom stereocenters. The molecule has 0 aliphatic heterocycles. The molecule has 0 saturated heterocycles. The SMILES string of the molecule is C[N+](C)(C)CCO.OC1C(O)C(O)C(O)C(O)C1O.[Cl-]. The Hall–Kier alpha value is -0.0300. The highest BCUT2D eigenvalue weighted by molar-refractivity contribution is 4.98. The molecule has 0 aromatic heterocycles. The van der Waals surface area contributed by atoms with E-state index >= 15 is 0 Å². The average molecular weight is 320 g/mol. The van der Waals surface area contributed by atoms with Gasteiger partial charge in [0, 0.05) is 0 Å². The van der Waals surface area contributed by atoms with Crippen molar-refractivity contribution < 1.29 is 52.6 Å². The lowest BCUT2D eigenvalue weighted by Gasteiger charge is -2.39. The first-order valence-electron chi connectivity index (χ1n) is 6.02. The van der Waals surface area contributed by atoms with Gasteiger partial charge in [-0.1, -0.05) is 0 Å². The van der Waals surface area contributed by atoms with E-state index in [0.29, 0.717) is 0 Å². The number of nitrogens with zero attached hydrogens (tertiary/aromatic N) is 1. The van der Waals surface area contributed by atoms with Crippen LogP contribution in [0.3, 0.4) is 0 Å². The number of hydrogen-bond acceptors (Lipinski definition) is 7. The predicted molar refractivity (Wildman–Crippen MR) is 66.0 cm³/mol. The second kappa shape index (κ2) is 9.08. The molecule has 9 heteroatoms. The first kappa shape index (κ1) is 22.3. The highest BCUT2D eigenvalue weighted by atomic mass is 35.5. The van der Waals surface area contributed by atoms with E-state index in [1.807, 2.05) is 0 Å². The zero-order chi connectivity index (χ0) is 15.4. The number of aliphatic hydroxyl groups is 7. The van der Waals surface area contributed by atoms with Gasteiger partial charge in [0.2, 0.25) is 0 Å². The molecule has 1 aliphatic rings. The van der Waals surface area contributed by atoms with Crippen molar-refractivity contribution in [2.75, 3.05) is 34.3 Å². The standard InChI is InChI=1S/C6H12O6.C5H14NO.ClH/c7-1-2(8)4(10)6(12)5(11)3(1)9;1-6(2,3)4-5-7;/h1-12H;7H,4-5H2,1-3H3;1H/q;+1;/p-1. The Kier molecular flexibility index (Phi) is 10.1. The fourth-order valence-electron chi connectivity index (χ4n) is 1.51. The van der Waals surface area contributed by atoms with E-state index in [9.17, 15) is 0 Å². The van der Waals surface area contributed by atoms with Crippen LogP contribution in [0.15, 0.2) is 0 Å². The maximum atomic E-state index is 8.97. The van der Waals surface area contributed by atoms with Crippen molar-refractivity contribution in [2.45, 2.75) is 36.6 Å². The molecule has 8 nitrogen and oxygen atoms in total. The topological polar surface area (TPSA) is 142 Å². The van der Waals surface area contributed by atoms with Crippen molar-refractivity contribution in [3.63, 3.8) is 0 Å². The zero-order valence-electron chi connectivity index (χ0n) is 11.8. The highest BCUT2D eigenvalue weighted by Crippen LogP contribution is 2.20. The largest absolute Gasteiger partial charge is 1.00 e. The fourth-order valence-corrected chi connectivity index (χ4v) is 1.51. The quantitative estimate of drug-likeness (QED) is 0.251. The molecule has 0 bridgehead atoms. The monoisotopic (exact) mass is 319 g/mol. The Labute approximate surface area is 124 Å². The smallest absolute Gasteiger partial charge is 0.111 e. The van der Waals surface area contributed by atoms with E-state index in [-0.39, 0.29) is 19.0 Å². The van der Waals surface area contributed by atoms with Crippen LogP contribution in [0.2, 0.25) is 0 Å². The minimum Gasteiger partial charge on any atom is -1.00 e. The summed E-state index contributed by atoms with van der Waals surface area (Å²) in [6.07, 6.45) is -9.84. The first-order valence-corrected chi connectivity index (χ1v) is 6.02. The molecule has 7 N–H and O–H groups in total. The Bertz CT molecular complexity index is 205. The first-order chi connectivity index (χ1) is 8.52. The van der Waals surface area contributed by atoms with E-state index < -0.39 is 36.6 Å². The summed E-state index contributed by atoms with van der Waals surface area (Å²) in [7, 11) is 6.16. The molecule has 1 fully saturated rings. The molecule has 0 radical (unpaired) electrons. The summed E-state index contributed by atoms with van der Waals surface area (Å²) in [6.45, 7) is 1.11. The van der Waals surface area contributed by atoms with Crippen LogP contribution < -0.4 is 12.4 Å². The van der Waals surface area contributed by atoms with Crippen LogP contribution in [0.5, 0.6) is 0 Å². The van der Waals surface area contributed by atoms with E-state index in [2.05, 4.69) is 21.1 Å². The van der Waals surface area contributed by atoms with Gasteiger partial charge in [0.25, 0.3) is 0 Å². The molecule has 0 unspecified atom stereocenters. The van der Waals surface area contributed by atoms with Gasteiger partial charge in [-0.15, -0.1) is 0 Å². The Morgan fingerprint density at radius 1 is 0.650 bits per heavy atom. The molecule has 1 saturated carbocycles. The van der Waals surface area contributed by atoms with Crippen LogP contribution in [0.4, 0.5) is 0 Å². The van der Waals surface area contributed by atoms with Gasteiger partial charge in [0.1, 0.15) is 43.2 Å². The minimum absolute atomic E-state index is 0. The summed E-state index contributed by atoms with van der Waals surface area (Å²) in [4.78, 5) is 0. The van der Waals surface area contributed by atoms with E-state index in [4.69, 9.17) is 35.7 Å². The number of rotatable bonds is 2. The van der Waals surface area contributed by atoms with Crippen molar-refractivity contribution in [3.8, 4) is 0 Å². The van der Waals surface area contributed by atoms with Crippen molar-refractivity contribution in [3.05, 3.63) is 0 Å². The summed E-state index contributed by atoms with van der Waals surface area (Å²) >= 11 is 0. The molecule has 0 spiro atoms. The van der Waals surface area contributed by atoms with Crippen LogP contribution in [-0.2, 0) is 0 Å².